The molecule has 0 bridgehead atoms. The zero-order valence-corrected chi connectivity index (χ0v) is 22.8. The van der Waals surface area contributed by atoms with Gasteiger partial charge in [0.15, 0.2) is 10.9 Å². The number of hydrogen-bond acceptors (Lipinski definition) is 10. The van der Waals surface area contributed by atoms with E-state index < -0.39 is 29.5 Å². The summed E-state index contributed by atoms with van der Waals surface area (Å²) in [5.74, 6) is -1.84. The standard InChI is InChI=1S/C26H27N3O6S2/c1-6-7-12-35-17-10-8-16(9-11-17)19-18(20(30)22-13(2)27-15(4)36-22)21(31)24(32)29(19)26-28-14(3)23(37-26)25(33)34-5/h8-11,19,31H,6-7,12H2,1-5H3. The summed E-state index contributed by atoms with van der Waals surface area (Å²) in [7, 11) is 1.26. The number of ketones is 1. The Morgan fingerprint density at radius 1 is 1.05 bits per heavy atom. The number of carbonyl (C=O) groups excluding carboxylic acids is 3. The van der Waals surface area contributed by atoms with Crippen LogP contribution in [0.1, 0.15) is 67.1 Å². The summed E-state index contributed by atoms with van der Waals surface area (Å²) in [4.78, 5) is 49.9. The van der Waals surface area contributed by atoms with Crippen LogP contribution >= 0.6 is 22.7 Å². The molecular weight excluding hydrogens is 514 g/mol. The lowest BCUT2D eigenvalue weighted by atomic mass is 9.95. The van der Waals surface area contributed by atoms with Crippen molar-refractivity contribution in [1.82, 2.24) is 9.97 Å². The third-order valence-corrected chi connectivity index (χ3v) is 8.10. The molecule has 0 spiro atoms. The highest BCUT2D eigenvalue weighted by atomic mass is 32.1. The maximum atomic E-state index is 13.7. The minimum atomic E-state index is -0.970. The zero-order valence-electron chi connectivity index (χ0n) is 21.2. The Kier molecular flexibility index (Phi) is 7.74. The Hall–Kier alpha value is -3.57. The first kappa shape index (κ1) is 26.5. The molecular formula is C26H27N3O6S2. The number of aromatic nitrogens is 2. The van der Waals surface area contributed by atoms with E-state index in [-0.39, 0.29) is 15.6 Å². The summed E-state index contributed by atoms with van der Waals surface area (Å²) in [6, 6.07) is 6.07. The van der Waals surface area contributed by atoms with E-state index in [1.165, 1.54) is 23.3 Å². The van der Waals surface area contributed by atoms with Crippen LogP contribution in [0.25, 0.3) is 0 Å². The number of benzene rings is 1. The number of ether oxygens (including phenoxy) is 2. The number of hydrogen-bond donors (Lipinski definition) is 1. The fourth-order valence-corrected chi connectivity index (χ4v) is 5.95. The van der Waals surface area contributed by atoms with Crippen LogP contribution in [0.3, 0.4) is 0 Å². The Labute approximate surface area is 222 Å². The first-order chi connectivity index (χ1) is 17.7. The van der Waals surface area contributed by atoms with Gasteiger partial charge in [0.05, 0.1) is 46.6 Å². The van der Waals surface area contributed by atoms with Gasteiger partial charge in [0.2, 0.25) is 5.78 Å². The van der Waals surface area contributed by atoms with Gasteiger partial charge >= 0.3 is 5.97 Å². The lowest BCUT2D eigenvalue weighted by Crippen LogP contribution is -2.31. The maximum absolute atomic E-state index is 13.7. The second-order valence-electron chi connectivity index (χ2n) is 8.49. The van der Waals surface area contributed by atoms with Crippen molar-refractivity contribution < 1.29 is 29.0 Å². The van der Waals surface area contributed by atoms with E-state index in [0.717, 1.165) is 24.2 Å². The lowest BCUT2D eigenvalue weighted by Gasteiger charge is -2.24. The van der Waals surface area contributed by atoms with Crippen LogP contribution in [0.4, 0.5) is 5.13 Å². The van der Waals surface area contributed by atoms with Gasteiger partial charge in [0, 0.05) is 0 Å². The van der Waals surface area contributed by atoms with E-state index >= 15 is 0 Å². The summed E-state index contributed by atoms with van der Waals surface area (Å²) in [6.45, 7) is 7.79. The lowest BCUT2D eigenvalue weighted by molar-refractivity contribution is -0.117. The number of anilines is 1. The van der Waals surface area contributed by atoms with Gasteiger partial charge in [0.25, 0.3) is 5.91 Å². The molecule has 1 aliphatic heterocycles. The molecule has 2 aromatic heterocycles. The van der Waals surface area contributed by atoms with E-state index in [4.69, 9.17) is 9.47 Å². The van der Waals surface area contributed by atoms with E-state index in [2.05, 4.69) is 16.9 Å². The SMILES string of the molecule is CCCCOc1ccc(C2C(C(=O)c3sc(C)nc3C)=C(O)C(=O)N2c2nc(C)c(C(=O)OC)s2)cc1. The van der Waals surface area contributed by atoms with E-state index in [9.17, 15) is 19.5 Å². The maximum Gasteiger partial charge on any atom is 0.350 e. The molecule has 3 heterocycles. The van der Waals surface area contributed by atoms with Gasteiger partial charge in [-0.15, -0.1) is 11.3 Å². The van der Waals surface area contributed by atoms with Gasteiger partial charge in [-0.2, -0.15) is 0 Å². The Balaban J connectivity index is 1.81. The summed E-state index contributed by atoms with van der Waals surface area (Å²) in [6.07, 6.45) is 1.92. The number of unbranched alkanes of at least 4 members (excludes halogenated alkanes) is 1. The van der Waals surface area contributed by atoms with Crippen molar-refractivity contribution in [2.24, 2.45) is 0 Å². The van der Waals surface area contributed by atoms with Crippen molar-refractivity contribution in [3.8, 4) is 5.75 Å². The highest BCUT2D eigenvalue weighted by Gasteiger charge is 2.46. The number of aliphatic hydroxyl groups is 1. The van der Waals surface area contributed by atoms with Gasteiger partial charge in [0.1, 0.15) is 10.6 Å². The van der Waals surface area contributed by atoms with Crippen LogP contribution in [0.5, 0.6) is 5.75 Å². The average molecular weight is 542 g/mol. The molecule has 0 saturated heterocycles. The van der Waals surface area contributed by atoms with Crippen molar-refractivity contribution in [1.29, 1.82) is 0 Å². The molecule has 0 radical (unpaired) electrons. The first-order valence-electron chi connectivity index (χ1n) is 11.7. The Morgan fingerprint density at radius 3 is 2.32 bits per heavy atom. The second-order valence-corrected chi connectivity index (χ2v) is 10.7. The molecule has 3 aromatic rings. The molecule has 37 heavy (non-hydrogen) atoms. The zero-order chi connectivity index (χ0) is 26.9. The number of nitrogens with zero attached hydrogens (tertiary/aromatic N) is 3. The average Bonchev–Trinajstić information content (AvgIpc) is 3.51. The second kappa shape index (κ2) is 10.8. The number of methoxy groups -OCH3 is 1. The van der Waals surface area contributed by atoms with E-state index in [1.807, 2.05) is 0 Å². The largest absolute Gasteiger partial charge is 0.503 e. The molecule has 194 valence electrons. The van der Waals surface area contributed by atoms with Gasteiger partial charge in [-0.05, 0) is 44.9 Å². The highest BCUT2D eigenvalue weighted by molar-refractivity contribution is 7.17. The van der Waals surface area contributed by atoms with Crippen molar-refractivity contribution in [2.75, 3.05) is 18.6 Å². The number of aliphatic hydroxyl groups excluding tert-OH is 1. The summed E-state index contributed by atoms with van der Waals surface area (Å²) in [5, 5.41) is 11.9. The molecule has 1 atom stereocenters. The van der Waals surface area contributed by atoms with Crippen molar-refractivity contribution in [2.45, 2.75) is 46.6 Å². The van der Waals surface area contributed by atoms with E-state index in [0.29, 0.717) is 39.2 Å². The number of carbonyl (C=O) groups is 3. The molecule has 9 nitrogen and oxygen atoms in total. The van der Waals surface area contributed by atoms with Crippen LogP contribution < -0.4 is 9.64 Å². The fourth-order valence-electron chi connectivity index (χ4n) is 4.06. The smallest absolute Gasteiger partial charge is 0.350 e. The number of Topliss-reactive ketones (excluding diaryl/α,β-unsaturated/α-hetero) is 1. The van der Waals surface area contributed by atoms with Gasteiger partial charge in [-0.25, -0.2) is 14.8 Å². The molecule has 1 aromatic carbocycles. The van der Waals surface area contributed by atoms with Gasteiger partial charge in [-0.3, -0.25) is 14.5 Å². The monoisotopic (exact) mass is 541 g/mol. The number of amides is 1. The molecule has 4 rings (SSSR count). The summed E-state index contributed by atoms with van der Waals surface area (Å²) in [5.41, 5.74) is 1.42. The summed E-state index contributed by atoms with van der Waals surface area (Å²) < 4.78 is 10.6. The molecule has 0 aliphatic carbocycles. The minimum Gasteiger partial charge on any atom is -0.503 e. The Morgan fingerprint density at radius 2 is 1.73 bits per heavy atom. The normalized spacial score (nSPS) is 15.4. The minimum absolute atomic E-state index is 0.0659. The topological polar surface area (TPSA) is 119 Å². The van der Waals surface area contributed by atoms with Crippen LogP contribution in [0.2, 0.25) is 0 Å². The van der Waals surface area contributed by atoms with Gasteiger partial charge < -0.3 is 14.6 Å². The van der Waals surface area contributed by atoms with Crippen molar-refractivity contribution >= 4 is 45.5 Å². The summed E-state index contributed by atoms with van der Waals surface area (Å²) >= 11 is 2.17. The van der Waals surface area contributed by atoms with Crippen molar-refractivity contribution in [3.63, 3.8) is 0 Å². The van der Waals surface area contributed by atoms with Crippen LogP contribution in [0, 0.1) is 20.8 Å². The molecule has 1 amide bonds. The number of rotatable bonds is 9. The predicted molar refractivity (Wildman–Crippen MR) is 141 cm³/mol. The molecule has 11 heteroatoms. The fraction of sp³-hybridized carbons (Fsp3) is 0.346. The third-order valence-electron chi connectivity index (χ3n) is 5.89. The van der Waals surface area contributed by atoms with Gasteiger partial charge in [-0.1, -0.05) is 36.8 Å². The van der Waals surface area contributed by atoms with Crippen LogP contribution in [-0.2, 0) is 9.53 Å². The van der Waals surface area contributed by atoms with Crippen LogP contribution in [0.15, 0.2) is 35.6 Å². The van der Waals surface area contributed by atoms with Crippen molar-refractivity contribution in [3.05, 3.63) is 67.3 Å². The van der Waals surface area contributed by atoms with E-state index in [1.54, 1.807) is 45.0 Å². The molecule has 0 fully saturated rings. The molecule has 1 N–H and O–H groups in total. The molecule has 0 saturated carbocycles. The number of thiazole rings is 2. The number of esters is 1. The number of aryl methyl sites for hydroxylation is 3. The third kappa shape index (κ3) is 5.01. The first-order valence-corrected chi connectivity index (χ1v) is 13.3. The molecule has 1 aliphatic rings. The quantitative estimate of drug-likeness (QED) is 0.221. The highest BCUT2D eigenvalue weighted by Crippen LogP contribution is 2.44. The molecule has 1 unspecified atom stereocenters. The van der Waals surface area contributed by atoms with Crippen LogP contribution in [-0.4, -0.2) is 46.5 Å². The predicted octanol–water partition coefficient (Wildman–Crippen LogP) is 5.27. The Bertz CT molecular complexity index is 1390.